The number of Topliss-reactive ketones (excluding diaryl/α,β-unsaturated/α-hetero) is 1. The van der Waals surface area contributed by atoms with E-state index in [9.17, 15) is 24.0 Å². The number of hydrogen-bond donors (Lipinski definition) is 0. The fourth-order valence-corrected chi connectivity index (χ4v) is 6.51. The van der Waals surface area contributed by atoms with Crippen LogP contribution in [0, 0.1) is 11.8 Å². The Morgan fingerprint density at radius 1 is 0.837 bits per heavy atom. The average Bonchev–Trinajstić information content (AvgIpc) is 3.24. The number of ether oxygens (including phenoxy) is 2. The summed E-state index contributed by atoms with van der Waals surface area (Å²) in [5, 5.41) is 2.15. The van der Waals surface area contributed by atoms with E-state index in [1.54, 1.807) is 24.3 Å². The van der Waals surface area contributed by atoms with Crippen LogP contribution in [0.1, 0.15) is 43.9 Å². The highest BCUT2D eigenvalue weighted by atomic mass is 79.9. The number of nitrogens with zero attached hydrogens (tertiary/aromatic N) is 2. The Hall–Kier alpha value is -3.54. The highest BCUT2D eigenvalue weighted by molar-refractivity contribution is 9.12. The molecule has 3 aromatic rings. The Labute approximate surface area is 269 Å². The average molecular weight is 733 g/mol. The molecule has 12 heteroatoms. The topological polar surface area (TPSA) is 110 Å². The van der Waals surface area contributed by atoms with Gasteiger partial charge in [0.2, 0.25) is 0 Å². The van der Waals surface area contributed by atoms with Gasteiger partial charge in [-0.3, -0.25) is 19.2 Å². The van der Waals surface area contributed by atoms with Crippen molar-refractivity contribution in [1.29, 1.82) is 0 Å². The van der Waals surface area contributed by atoms with E-state index in [1.807, 2.05) is 0 Å². The fourth-order valence-electron chi connectivity index (χ4n) is 5.14. The number of hydrazine groups is 1. The normalized spacial score (nSPS) is 21.3. The Kier molecular flexibility index (Phi) is 9.33. The number of hydrogen-bond acceptors (Lipinski definition) is 7. The van der Waals surface area contributed by atoms with E-state index in [-0.39, 0.29) is 32.1 Å². The maximum absolute atomic E-state index is 13.7. The van der Waals surface area contributed by atoms with Gasteiger partial charge in [0.1, 0.15) is 18.0 Å². The van der Waals surface area contributed by atoms with Crippen LogP contribution in [0.25, 0.3) is 0 Å². The van der Waals surface area contributed by atoms with E-state index in [0.717, 1.165) is 10.0 Å². The van der Waals surface area contributed by atoms with Gasteiger partial charge < -0.3 is 9.47 Å². The molecule has 3 aromatic carbocycles. The molecule has 1 aliphatic heterocycles. The van der Waals surface area contributed by atoms with E-state index < -0.39 is 47.9 Å². The maximum atomic E-state index is 13.7. The number of rotatable bonds is 8. The van der Waals surface area contributed by atoms with Gasteiger partial charge in [-0.15, -0.1) is 0 Å². The van der Waals surface area contributed by atoms with E-state index >= 15 is 0 Å². The molecule has 0 radical (unpaired) electrons. The first-order valence-electron chi connectivity index (χ1n) is 13.3. The molecule has 2 aliphatic rings. The summed E-state index contributed by atoms with van der Waals surface area (Å²) in [4.78, 5) is 66.7. The molecule has 1 heterocycles. The number of halogens is 3. The maximum Gasteiger partial charge on any atom is 0.343 e. The van der Waals surface area contributed by atoms with Crippen LogP contribution in [-0.4, -0.2) is 62.8 Å². The van der Waals surface area contributed by atoms with Gasteiger partial charge in [-0.05, 0) is 79.6 Å². The molecular formula is C31H25Br2ClN2O7. The Balaban J connectivity index is 1.37. The third-order valence-electron chi connectivity index (χ3n) is 7.44. The summed E-state index contributed by atoms with van der Waals surface area (Å²) < 4.78 is 10.6. The third-order valence-corrected chi connectivity index (χ3v) is 10.4. The lowest BCUT2D eigenvalue weighted by Gasteiger charge is -2.30. The number of carbonyl (C=O) groups is 5. The Morgan fingerprint density at radius 3 is 2.00 bits per heavy atom. The first-order chi connectivity index (χ1) is 20.6. The molecule has 3 amide bonds. The Bertz CT molecular complexity index is 1550. The van der Waals surface area contributed by atoms with Gasteiger partial charge in [0.05, 0.1) is 24.5 Å². The number of ketones is 1. The van der Waals surface area contributed by atoms with Crippen molar-refractivity contribution < 1.29 is 33.4 Å². The molecule has 43 heavy (non-hydrogen) atoms. The molecule has 5 rings (SSSR count). The lowest BCUT2D eigenvalue weighted by molar-refractivity contribution is -0.154. The smallest absolute Gasteiger partial charge is 0.343 e. The zero-order chi connectivity index (χ0) is 30.8. The Morgan fingerprint density at radius 2 is 1.42 bits per heavy atom. The van der Waals surface area contributed by atoms with Crippen LogP contribution in [0.2, 0.25) is 5.02 Å². The minimum absolute atomic E-state index is 0.0240. The summed E-state index contributed by atoms with van der Waals surface area (Å²) >= 11 is 13.1. The lowest BCUT2D eigenvalue weighted by Crippen LogP contribution is -2.52. The van der Waals surface area contributed by atoms with Gasteiger partial charge in [0, 0.05) is 25.8 Å². The number of carbonyl (C=O) groups excluding carboxylic acids is 5. The second-order valence-corrected chi connectivity index (χ2v) is 12.9. The molecule has 1 saturated carbocycles. The van der Waals surface area contributed by atoms with Gasteiger partial charge >= 0.3 is 5.97 Å². The van der Waals surface area contributed by atoms with Gasteiger partial charge in [-0.1, -0.05) is 49.5 Å². The second-order valence-electron chi connectivity index (χ2n) is 10.1. The van der Waals surface area contributed by atoms with Gasteiger partial charge in [0.15, 0.2) is 5.78 Å². The molecule has 0 unspecified atom stereocenters. The molecular weight excluding hydrogens is 708 g/mol. The number of amides is 3. The SMILES string of the molecule is COc1cccc(C(=O)Oc2ccc(C(=O)CN(C(=O)c3ccc(Cl)cc3)N3C(=O)[C@H]4C[C@@H](Br)[C@@H](Br)C[C@H]4C3=O)cc2)c1. The van der Waals surface area contributed by atoms with E-state index in [0.29, 0.717) is 23.6 Å². The third kappa shape index (κ3) is 6.53. The number of esters is 1. The van der Waals surface area contributed by atoms with Crippen molar-refractivity contribution in [2.75, 3.05) is 13.7 Å². The van der Waals surface area contributed by atoms with Crippen molar-refractivity contribution >= 4 is 72.9 Å². The van der Waals surface area contributed by atoms with E-state index in [2.05, 4.69) is 31.9 Å². The summed E-state index contributed by atoms with van der Waals surface area (Å²) in [5.41, 5.74) is 0.630. The second kappa shape index (κ2) is 13.0. The molecule has 0 spiro atoms. The van der Waals surface area contributed by atoms with Crippen LogP contribution in [0.15, 0.2) is 72.8 Å². The zero-order valence-corrected chi connectivity index (χ0v) is 26.7. The van der Waals surface area contributed by atoms with Crippen LogP contribution in [0.5, 0.6) is 11.5 Å². The quantitative estimate of drug-likeness (QED) is 0.0957. The molecule has 1 saturated heterocycles. The number of alkyl halides is 2. The molecule has 0 aromatic heterocycles. The molecule has 4 atom stereocenters. The first-order valence-corrected chi connectivity index (χ1v) is 15.5. The van der Waals surface area contributed by atoms with Gasteiger partial charge in [-0.2, -0.15) is 5.01 Å². The summed E-state index contributed by atoms with van der Waals surface area (Å²) in [6, 6.07) is 18.2. The fraction of sp³-hybridized carbons (Fsp3) is 0.258. The molecule has 222 valence electrons. The standard InChI is InChI=1S/C31H25Br2ClN2O7/c1-42-22-4-2-3-19(13-22)31(41)43-21-11-7-17(8-12-21)27(37)16-35(28(38)18-5-9-20(34)10-6-18)36-29(39)23-14-25(32)26(33)15-24(23)30(36)40/h2-13,23-26H,14-16H2,1H3/t23-,24+,25+,26-. The van der Waals surface area contributed by atoms with Gasteiger partial charge in [0.25, 0.3) is 17.7 Å². The first kappa shape index (κ1) is 30.9. The summed E-state index contributed by atoms with van der Waals surface area (Å²) in [7, 11) is 1.49. The van der Waals surface area contributed by atoms with Crippen LogP contribution in [0.3, 0.4) is 0 Å². The zero-order valence-electron chi connectivity index (χ0n) is 22.7. The molecule has 0 bridgehead atoms. The highest BCUT2D eigenvalue weighted by Gasteiger charge is 2.54. The van der Waals surface area contributed by atoms with Crippen LogP contribution < -0.4 is 9.47 Å². The summed E-state index contributed by atoms with van der Waals surface area (Å²) in [6.45, 7) is -0.573. The number of imide groups is 1. The molecule has 2 fully saturated rings. The number of methoxy groups -OCH3 is 1. The lowest BCUT2D eigenvalue weighted by atomic mass is 9.81. The predicted octanol–water partition coefficient (Wildman–Crippen LogP) is 5.73. The van der Waals surface area contributed by atoms with Crippen molar-refractivity contribution in [2.24, 2.45) is 11.8 Å². The molecule has 9 nitrogen and oxygen atoms in total. The predicted molar refractivity (Wildman–Crippen MR) is 165 cm³/mol. The number of benzene rings is 3. The van der Waals surface area contributed by atoms with Crippen molar-refractivity contribution in [3.8, 4) is 11.5 Å². The molecule has 1 aliphatic carbocycles. The van der Waals surface area contributed by atoms with Crippen LogP contribution in [-0.2, 0) is 9.59 Å². The summed E-state index contributed by atoms with van der Waals surface area (Å²) in [6.07, 6.45) is 0.822. The van der Waals surface area contributed by atoms with E-state index in [1.165, 1.54) is 55.6 Å². The van der Waals surface area contributed by atoms with Crippen molar-refractivity contribution in [3.63, 3.8) is 0 Å². The summed E-state index contributed by atoms with van der Waals surface area (Å²) in [5.74, 6) is -3.40. The minimum Gasteiger partial charge on any atom is -0.497 e. The minimum atomic E-state index is -0.694. The van der Waals surface area contributed by atoms with Crippen LogP contribution in [0.4, 0.5) is 0 Å². The van der Waals surface area contributed by atoms with Crippen LogP contribution >= 0.6 is 43.5 Å². The monoisotopic (exact) mass is 730 g/mol. The molecule has 0 N–H and O–H groups in total. The van der Waals surface area contributed by atoms with E-state index in [4.69, 9.17) is 21.1 Å². The van der Waals surface area contributed by atoms with Crippen molar-refractivity contribution in [2.45, 2.75) is 22.5 Å². The highest BCUT2D eigenvalue weighted by Crippen LogP contribution is 2.43. The van der Waals surface area contributed by atoms with Crippen molar-refractivity contribution in [3.05, 3.63) is 94.5 Å². The van der Waals surface area contributed by atoms with Gasteiger partial charge in [-0.25, -0.2) is 9.80 Å². The van der Waals surface area contributed by atoms with Crippen molar-refractivity contribution in [1.82, 2.24) is 10.0 Å². The largest absolute Gasteiger partial charge is 0.497 e. The number of fused-ring (bicyclic) bond motifs is 1.